The Morgan fingerprint density at radius 2 is 1.85 bits per heavy atom. The van der Waals surface area contributed by atoms with Crippen LogP contribution in [-0.4, -0.2) is 43.2 Å². The molecule has 1 aliphatic carbocycles. The summed E-state index contributed by atoms with van der Waals surface area (Å²) < 4.78 is 0. The third kappa shape index (κ3) is 2.74. The molecule has 1 saturated heterocycles. The van der Waals surface area contributed by atoms with Gasteiger partial charge in [0, 0.05) is 37.9 Å². The highest BCUT2D eigenvalue weighted by molar-refractivity contribution is 5.75. The lowest BCUT2D eigenvalue weighted by molar-refractivity contribution is 0.194. The quantitative estimate of drug-likeness (QED) is 0.897. The van der Waals surface area contributed by atoms with Gasteiger partial charge in [-0.25, -0.2) is 4.79 Å². The molecule has 1 N–H and O–H groups in total. The Morgan fingerprint density at radius 3 is 2.50 bits per heavy atom. The molecule has 4 heteroatoms. The summed E-state index contributed by atoms with van der Waals surface area (Å²) >= 11 is 0. The van der Waals surface area contributed by atoms with Crippen molar-refractivity contribution in [3.05, 3.63) is 29.3 Å². The largest absolute Gasteiger partial charge is 0.368 e. The SMILES string of the molecule is Cc1cccc(N2CCN(C(=O)NC3CC3)CC2)c1C. The second-order valence-corrected chi connectivity index (χ2v) is 5.92. The highest BCUT2D eigenvalue weighted by Crippen LogP contribution is 2.24. The van der Waals surface area contributed by atoms with Gasteiger partial charge in [-0.05, 0) is 43.9 Å². The zero-order valence-corrected chi connectivity index (χ0v) is 12.4. The first-order chi connectivity index (χ1) is 9.65. The van der Waals surface area contributed by atoms with E-state index in [4.69, 9.17) is 0 Å². The maximum Gasteiger partial charge on any atom is 0.317 e. The highest BCUT2D eigenvalue weighted by atomic mass is 16.2. The van der Waals surface area contributed by atoms with E-state index in [1.807, 2.05) is 4.90 Å². The minimum atomic E-state index is 0.119. The van der Waals surface area contributed by atoms with E-state index in [2.05, 4.69) is 42.3 Å². The van der Waals surface area contributed by atoms with Crippen molar-refractivity contribution < 1.29 is 4.79 Å². The first-order valence-electron chi connectivity index (χ1n) is 7.52. The van der Waals surface area contributed by atoms with Gasteiger partial charge in [0.1, 0.15) is 0 Å². The summed E-state index contributed by atoms with van der Waals surface area (Å²) in [6, 6.07) is 7.01. The van der Waals surface area contributed by atoms with E-state index >= 15 is 0 Å². The normalized spacial score (nSPS) is 19.1. The predicted octanol–water partition coefficient (Wildman–Crippen LogP) is 2.30. The third-order valence-electron chi connectivity index (χ3n) is 4.39. The van der Waals surface area contributed by atoms with Crippen molar-refractivity contribution in [3.63, 3.8) is 0 Å². The van der Waals surface area contributed by atoms with Crippen LogP contribution in [0.25, 0.3) is 0 Å². The number of anilines is 1. The molecule has 1 saturated carbocycles. The van der Waals surface area contributed by atoms with Gasteiger partial charge in [-0.15, -0.1) is 0 Å². The van der Waals surface area contributed by atoms with Crippen molar-refractivity contribution >= 4 is 11.7 Å². The maximum absolute atomic E-state index is 12.0. The molecule has 20 heavy (non-hydrogen) atoms. The fourth-order valence-electron chi connectivity index (χ4n) is 2.72. The number of carbonyl (C=O) groups is 1. The molecule has 0 spiro atoms. The molecular weight excluding hydrogens is 250 g/mol. The second-order valence-electron chi connectivity index (χ2n) is 5.92. The lowest BCUT2D eigenvalue weighted by Crippen LogP contribution is -2.52. The van der Waals surface area contributed by atoms with Gasteiger partial charge < -0.3 is 15.1 Å². The predicted molar refractivity (Wildman–Crippen MR) is 81.3 cm³/mol. The van der Waals surface area contributed by atoms with E-state index in [1.165, 1.54) is 16.8 Å². The van der Waals surface area contributed by atoms with Gasteiger partial charge in [0.2, 0.25) is 0 Å². The zero-order valence-electron chi connectivity index (χ0n) is 12.4. The van der Waals surface area contributed by atoms with Crippen LogP contribution in [0.2, 0.25) is 0 Å². The molecule has 1 aromatic carbocycles. The number of nitrogens with zero attached hydrogens (tertiary/aromatic N) is 2. The Morgan fingerprint density at radius 1 is 1.15 bits per heavy atom. The van der Waals surface area contributed by atoms with Crippen molar-refractivity contribution in [3.8, 4) is 0 Å². The van der Waals surface area contributed by atoms with Crippen LogP contribution >= 0.6 is 0 Å². The van der Waals surface area contributed by atoms with E-state index < -0.39 is 0 Å². The van der Waals surface area contributed by atoms with E-state index in [0.29, 0.717) is 6.04 Å². The number of amides is 2. The second kappa shape index (κ2) is 5.35. The number of nitrogens with one attached hydrogen (secondary N) is 1. The summed E-state index contributed by atoms with van der Waals surface area (Å²) in [5, 5.41) is 3.07. The highest BCUT2D eigenvalue weighted by Gasteiger charge is 2.28. The van der Waals surface area contributed by atoms with Crippen molar-refractivity contribution in [1.82, 2.24) is 10.2 Å². The van der Waals surface area contributed by atoms with Gasteiger partial charge in [0.05, 0.1) is 0 Å². The fourth-order valence-corrected chi connectivity index (χ4v) is 2.72. The molecule has 1 aliphatic heterocycles. The summed E-state index contributed by atoms with van der Waals surface area (Å²) in [5.74, 6) is 0. The molecule has 0 aromatic heterocycles. The first kappa shape index (κ1) is 13.3. The standard InChI is InChI=1S/C16H23N3O/c1-12-4-3-5-15(13(12)2)18-8-10-19(11-9-18)16(20)17-14-6-7-14/h3-5,14H,6-11H2,1-2H3,(H,17,20). The summed E-state index contributed by atoms with van der Waals surface area (Å²) in [5.41, 5.74) is 3.99. The van der Waals surface area contributed by atoms with E-state index in [9.17, 15) is 4.79 Å². The molecule has 1 aromatic rings. The van der Waals surface area contributed by atoms with Crippen LogP contribution in [0.15, 0.2) is 18.2 Å². The molecule has 0 unspecified atom stereocenters. The Bertz CT molecular complexity index is 502. The van der Waals surface area contributed by atoms with E-state index in [1.54, 1.807) is 0 Å². The fraction of sp³-hybridized carbons (Fsp3) is 0.562. The molecule has 2 aliphatic rings. The van der Waals surface area contributed by atoms with Crippen molar-refractivity contribution in [2.75, 3.05) is 31.1 Å². The molecule has 108 valence electrons. The van der Waals surface area contributed by atoms with Crippen LogP contribution in [0.1, 0.15) is 24.0 Å². The van der Waals surface area contributed by atoms with E-state index in [-0.39, 0.29) is 6.03 Å². The Kier molecular flexibility index (Phi) is 3.55. The molecule has 0 atom stereocenters. The number of benzene rings is 1. The van der Waals surface area contributed by atoms with Gasteiger partial charge in [-0.3, -0.25) is 0 Å². The lowest BCUT2D eigenvalue weighted by Gasteiger charge is -2.37. The van der Waals surface area contributed by atoms with Crippen LogP contribution < -0.4 is 10.2 Å². The average Bonchev–Trinajstić information content (AvgIpc) is 3.26. The molecule has 3 rings (SSSR count). The van der Waals surface area contributed by atoms with Crippen molar-refractivity contribution in [2.24, 2.45) is 0 Å². The molecule has 2 fully saturated rings. The summed E-state index contributed by atoms with van der Waals surface area (Å²) in [6.45, 7) is 7.79. The molecule has 1 heterocycles. The monoisotopic (exact) mass is 273 g/mol. The van der Waals surface area contributed by atoms with Gasteiger partial charge >= 0.3 is 6.03 Å². The zero-order chi connectivity index (χ0) is 14.1. The Labute approximate surface area is 120 Å². The minimum Gasteiger partial charge on any atom is -0.368 e. The summed E-state index contributed by atoms with van der Waals surface area (Å²) in [7, 11) is 0. The summed E-state index contributed by atoms with van der Waals surface area (Å²) in [6.07, 6.45) is 2.29. The molecule has 4 nitrogen and oxygen atoms in total. The molecule has 2 amide bonds. The maximum atomic E-state index is 12.0. The number of rotatable bonds is 2. The third-order valence-corrected chi connectivity index (χ3v) is 4.39. The number of urea groups is 1. The van der Waals surface area contributed by atoms with E-state index in [0.717, 1.165) is 39.0 Å². The number of hydrogen-bond acceptors (Lipinski definition) is 2. The van der Waals surface area contributed by atoms with Crippen molar-refractivity contribution in [2.45, 2.75) is 32.7 Å². The van der Waals surface area contributed by atoms with Gasteiger partial charge in [0.15, 0.2) is 0 Å². The number of carbonyl (C=O) groups excluding carboxylic acids is 1. The van der Waals surface area contributed by atoms with Crippen LogP contribution in [0.5, 0.6) is 0 Å². The summed E-state index contributed by atoms with van der Waals surface area (Å²) in [4.78, 5) is 16.3. The van der Waals surface area contributed by atoms with Gasteiger partial charge in [-0.2, -0.15) is 0 Å². The van der Waals surface area contributed by atoms with Crippen LogP contribution in [0.4, 0.5) is 10.5 Å². The van der Waals surface area contributed by atoms with Crippen molar-refractivity contribution in [1.29, 1.82) is 0 Å². The Hall–Kier alpha value is -1.71. The lowest BCUT2D eigenvalue weighted by atomic mass is 10.1. The van der Waals surface area contributed by atoms with Crippen LogP contribution in [0, 0.1) is 13.8 Å². The molecule has 0 bridgehead atoms. The smallest absolute Gasteiger partial charge is 0.317 e. The van der Waals surface area contributed by atoms with Crippen LogP contribution in [-0.2, 0) is 0 Å². The number of hydrogen-bond donors (Lipinski definition) is 1. The van der Waals surface area contributed by atoms with Gasteiger partial charge in [0.25, 0.3) is 0 Å². The van der Waals surface area contributed by atoms with Crippen LogP contribution in [0.3, 0.4) is 0 Å². The molecular formula is C16H23N3O. The first-order valence-corrected chi connectivity index (χ1v) is 7.52. The minimum absolute atomic E-state index is 0.119. The molecule has 0 radical (unpaired) electrons. The Balaban J connectivity index is 1.60. The topological polar surface area (TPSA) is 35.6 Å². The number of piperazine rings is 1. The van der Waals surface area contributed by atoms with Gasteiger partial charge in [-0.1, -0.05) is 12.1 Å². The number of aryl methyl sites for hydroxylation is 1. The average molecular weight is 273 g/mol.